The first-order chi connectivity index (χ1) is 12.5. The fourth-order valence-corrected chi connectivity index (χ4v) is 2.10. The molecule has 3 N–H and O–H groups in total. The maximum Gasteiger partial charge on any atom is 0.270 e. The first-order valence-electron chi connectivity index (χ1n) is 7.73. The van der Waals surface area contributed by atoms with Crippen LogP contribution in [0.1, 0.15) is 15.9 Å². The van der Waals surface area contributed by atoms with E-state index in [9.17, 15) is 19.7 Å². The molecule has 0 aromatic heterocycles. The summed E-state index contributed by atoms with van der Waals surface area (Å²) < 4.78 is 0. The van der Waals surface area contributed by atoms with Crippen LogP contribution in [0.4, 0.5) is 5.69 Å². The van der Waals surface area contributed by atoms with Crippen molar-refractivity contribution in [3.05, 3.63) is 81.5 Å². The molecular weight excluding hydrogens is 338 g/mol. The smallest absolute Gasteiger partial charge is 0.270 e. The summed E-state index contributed by atoms with van der Waals surface area (Å²) in [5, 5.41) is 24.7. The molecule has 0 radical (unpaired) electrons. The fourth-order valence-electron chi connectivity index (χ4n) is 2.10. The second-order valence-corrected chi connectivity index (χ2v) is 5.21. The summed E-state index contributed by atoms with van der Waals surface area (Å²) in [5.41, 5.74) is 0.505. The van der Waals surface area contributed by atoms with E-state index in [1.807, 2.05) is 0 Å². The van der Waals surface area contributed by atoms with Crippen molar-refractivity contribution in [1.29, 1.82) is 0 Å². The van der Waals surface area contributed by atoms with Crippen LogP contribution in [-0.4, -0.2) is 35.0 Å². The lowest BCUT2D eigenvalue weighted by molar-refractivity contribution is -0.384. The minimum Gasteiger partial charge on any atom is -0.395 e. The first kappa shape index (κ1) is 18.8. The van der Waals surface area contributed by atoms with Gasteiger partial charge in [-0.3, -0.25) is 19.7 Å². The van der Waals surface area contributed by atoms with Gasteiger partial charge in [-0.15, -0.1) is 0 Å². The second kappa shape index (κ2) is 9.09. The molecule has 2 aromatic carbocycles. The van der Waals surface area contributed by atoms with Crippen molar-refractivity contribution in [2.75, 3.05) is 13.2 Å². The summed E-state index contributed by atoms with van der Waals surface area (Å²) in [6.07, 6.45) is 1.33. The van der Waals surface area contributed by atoms with Crippen LogP contribution in [-0.2, 0) is 4.79 Å². The van der Waals surface area contributed by atoms with Crippen molar-refractivity contribution >= 4 is 23.6 Å². The summed E-state index contributed by atoms with van der Waals surface area (Å²) in [6, 6.07) is 14.0. The number of carbonyl (C=O) groups excluding carboxylic acids is 2. The van der Waals surface area contributed by atoms with E-state index >= 15 is 0 Å². The molecule has 0 spiro atoms. The van der Waals surface area contributed by atoms with Crippen LogP contribution < -0.4 is 10.6 Å². The van der Waals surface area contributed by atoms with Crippen LogP contribution in [0.15, 0.2) is 60.3 Å². The number of nitro benzene ring substituents is 1. The average molecular weight is 355 g/mol. The Morgan fingerprint density at radius 1 is 1.12 bits per heavy atom. The molecule has 0 atom stereocenters. The van der Waals surface area contributed by atoms with Gasteiger partial charge in [0, 0.05) is 24.2 Å². The molecule has 2 rings (SSSR count). The second-order valence-electron chi connectivity index (χ2n) is 5.21. The Morgan fingerprint density at radius 2 is 1.85 bits per heavy atom. The van der Waals surface area contributed by atoms with Gasteiger partial charge in [-0.2, -0.15) is 0 Å². The predicted molar refractivity (Wildman–Crippen MR) is 95.1 cm³/mol. The third-order valence-electron chi connectivity index (χ3n) is 3.32. The number of aliphatic hydroxyl groups is 1. The van der Waals surface area contributed by atoms with E-state index in [0.29, 0.717) is 11.1 Å². The molecule has 26 heavy (non-hydrogen) atoms. The zero-order valence-corrected chi connectivity index (χ0v) is 13.7. The van der Waals surface area contributed by atoms with Gasteiger partial charge in [0.2, 0.25) is 0 Å². The minimum absolute atomic E-state index is 0.00627. The number of aliphatic hydroxyl groups excluding tert-OH is 1. The Hall–Kier alpha value is -3.52. The predicted octanol–water partition coefficient (Wildman–Crippen LogP) is 1.47. The van der Waals surface area contributed by atoms with Gasteiger partial charge in [-0.1, -0.05) is 30.3 Å². The Balaban J connectivity index is 2.31. The lowest BCUT2D eigenvalue weighted by atomic mass is 10.1. The summed E-state index contributed by atoms with van der Waals surface area (Å²) in [4.78, 5) is 34.9. The largest absolute Gasteiger partial charge is 0.395 e. The molecule has 0 unspecified atom stereocenters. The quantitative estimate of drug-likeness (QED) is 0.394. The first-order valence-corrected chi connectivity index (χ1v) is 7.73. The number of nitrogens with one attached hydrogen (secondary N) is 2. The third kappa shape index (κ3) is 5.25. The number of nitro groups is 1. The molecule has 8 nitrogen and oxygen atoms in total. The summed E-state index contributed by atoms with van der Waals surface area (Å²) >= 11 is 0. The van der Waals surface area contributed by atoms with Crippen molar-refractivity contribution in [3.8, 4) is 0 Å². The van der Waals surface area contributed by atoms with Crippen LogP contribution >= 0.6 is 0 Å². The van der Waals surface area contributed by atoms with Crippen LogP contribution in [0.25, 0.3) is 6.08 Å². The summed E-state index contributed by atoms with van der Waals surface area (Å²) in [6.45, 7) is -0.255. The zero-order chi connectivity index (χ0) is 18.9. The van der Waals surface area contributed by atoms with Crippen LogP contribution in [0.5, 0.6) is 0 Å². The Labute approximate surface area is 149 Å². The molecule has 0 aliphatic heterocycles. The summed E-state index contributed by atoms with van der Waals surface area (Å²) in [5.74, 6) is -1.11. The van der Waals surface area contributed by atoms with Crippen molar-refractivity contribution in [2.45, 2.75) is 0 Å². The molecule has 0 saturated carbocycles. The van der Waals surface area contributed by atoms with Crippen LogP contribution in [0.3, 0.4) is 0 Å². The van der Waals surface area contributed by atoms with Crippen molar-refractivity contribution in [2.24, 2.45) is 0 Å². The van der Waals surface area contributed by atoms with Crippen molar-refractivity contribution in [3.63, 3.8) is 0 Å². The number of non-ortho nitro benzene ring substituents is 1. The van der Waals surface area contributed by atoms with E-state index in [1.165, 1.54) is 24.3 Å². The lowest BCUT2D eigenvalue weighted by Gasteiger charge is -2.10. The van der Waals surface area contributed by atoms with Crippen LogP contribution in [0, 0.1) is 10.1 Å². The molecule has 0 aliphatic carbocycles. The van der Waals surface area contributed by atoms with Crippen LogP contribution in [0.2, 0.25) is 0 Å². The Morgan fingerprint density at radius 3 is 2.50 bits per heavy atom. The van der Waals surface area contributed by atoms with Gasteiger partial charge < -0.3 is 15.7 Å². The van der Waals surface area contributed by atoms with Gasteiger partial charge in [0.1, 0.15) is 5.70 Å². The molecular formula is C18H17N3O5. The summed E-state index contributed by atoms with van der Waals surface area (Å²) in [7, 11) is 0. The number of rotatable bonds is 7. The van der Waals surface area contributed by atoms with E-state index in [4.69, 9.17) is 5.11 Å². The molecule has 134 valence electrons. The van der Waals surface area contributed by atoms with E-state index < -0.39 is 16.7 Å². The molecule has 2 amide bonds. The monoisotopic (exact) mass is 355 g/mol. The normalized spacial score (nSPS) is 10.9. The molecule has 0 saturated heterocycles. The Bertz CT molecular complexity index is 834. The topological polar surface area (TPSA) is 122 Å². The number of carbonyl (C=O) groups is 2. The van der Waals surface area contributed by atoms with Gasteiger partial charge in [-0.25, -0.2) is 0 Å². The molecule has 2 aromatic rings. The highest BCUT2D eigenvalue weighted by atomic mass is 16.6. The SMILES string of the molecule is O=C(NCCO)/C(=C\c1cccc([N+](=O)[O-])c1)NC(=O)c1ccccc1. The number of benzene rings is 2. The van der Waals surface area contributed by atoms with Gasteiger partial charge in [0.15, 0.2) is 0 Å². The van der Waals surface area contributed by atoms with Gasteiger partial charge in [-0.05, 0) is 23.8 Å². The van der Waals surface area contributed by atoms with Gasteiger partial charge in [0.05, 0.1) is 11.5 Å². The van der Waals surface area contributed by atoms with Gasteiger partial charge in [0.25, 0.3) is 17.5 Å². The molecule has 0 bridgehead atoms. The highest BCUT2D eigenvalue weighted by Gasteiger charge is 2.15. The van der Waals surface area contributed by atoms with E-state index in [-0.39, 0.29) is 24.5 Å². The lowest BCUT2D eigenvalue weighted by Crippen LogP contribution is -2.36. The maximum atomic E-state index is 12.3. The number of amides is 2. The van der Waals surface area contributed by atoms with Crippen molar-refractivity contribution in [1.82, 2.24) is 10.6 Å². The van der Waals surface area contributed by atoms with E-state index in [0.717, 1.165) is 0 Å². The molecule has 0 fully saturated rings. The molecule has 0 heterocycles. The molecule has 8 heteroatoms. The Kier molecular flexibility index (Phi) is 6.58. The van der Waals surface area contributed by atoms with Crippen molar-refractivity contribution < 1.29 is 19.6 Å². The highest BCUT2D eigenvalue weighted by molar-refractivity contribution is 6.05. The standard InChI is InChI=1S/C18H17N3O5/c22-10-9-19-18(24)16(20-17(23)14-6-2-1-3-7-14)12-13-5-4-8-15(11-13)21(25)26/h1-8,11-12,22H,9-10H2,(H,19,24)(H,20,23)/b16-12+. The number of hydrogen-bond acceptors (Lipinski definition) is 5. The fraction of sp³-hybridized carbons (Fsp3) is 0.111. The number of nitrogens with zero attached hydrogens (tertiary/aromatic N) is 1. The van der Waals surface area contributed by atoms with Gasteiger partial charge >= 0.3 is 0 Å². The number of hydrogen-bond donors (Lipinski definition) is 3. The van der Waals surface area contributed by atoms with E-state index in [1.54, 1.807) is 36.4 Å². The maximum absolute atomic E-state index is 12.3. The average Bonchev–Trinajstić information content (AvgIpc) is 2.66. The highest BCUT2D eigenvalue weighted by Crippen LogP contribution is 2.15. The minimum atomic E-state index is -0.616. The van der Waals surface area contributed by atoms with E-state index in [2.05, 4.69) is 10.6 Å². The third-order valence-corrected chi connectivity index (χ3v) is 3.32. The zero-order valence-electron chi connectivity index (χ0n) is 13.7. The molecule has 0 aliphatic rings.